The van der Waals surface area contributed by atoms with Crippen molar-refractivity contribution in [1.82, 2.24) is 5.32 Å². The molecule has 1 aromatic carbocycles. The first-order valence-electron chi connectivity index (χ1n) is 6.46. The van der Waals surface area contributed by atoms with E-state index in [-0.39, 0.29) is 12.5 Å². The average Bonchev–Trinajstić information content (AvgIpc) is 2.48. The Balaban J connectivity index is 2.13. The van der Waals surface area contributed by atoms with Crippen LogP contribution in [0.5, 0.6) is 0 Å². The minimum absolute atomic E-state index is 0.0977. The van der Waals surface area contributed by atoms with Crippen LogP contribution in [0.3, 0.4) is 0 Å². The summed E-state index contributed by atoms with van der Waals surface area (Å²) in [5.74, 6) is -11.3. The van der Waals surface area contributed by atoms with Crippen LogP contribution in [-0.2, 0) is 4.79 Å². The first-order valence-corrected chi connectivity index (χ1v) is 6.46. The van der Waals surface area contributed by atoms with Gasteiger partial charge in [-0.25, -0.2) is 22.0 Å². The quantitative estimate of drug-likeness (QED) is 0.512. The van der Waals surface area contributed by atoms with Crippen molar-refractivity contribution in [2.45, 2.75) is 31.7 Å². The molecule has 0 saturated carbocycles. The monoisotopic (exact) mass is 308 g/mol. The van der Waals surface area contributed by atoms with Crippen molar-refractivity contribution in [2.75, 3.05) is 11.9 Å². The van der Waals surface area contributed by atoms with E-state index in [2.05, 4.69) is 5.32 Å². The lowest BCUT2D eigenvalue weighted by atomic mass is 10.0. The Kier molecular flexibility index (Phi) is 4.76. The van der Waals surface area contributed by atoms with Crippen LogP contribution >= 0.6 is 0 Å². The Bertz CT molecular complexity index is 529. The molecule has 0 aliphatic carbocycles. The molecule has 116 valence electrons. The molecule has 21 heavy (non-hydrogen) atoms. The van der Waals surface area contributed by atoms with E-state index in [1.165, 1.54) is 0 Å². The van der Waals surface area contributed by atoms with Crippen molar-refractivity contribution in [3.05, 3.63) is 29.1 Å². The molecule has 1 aliphatic heterocycles. The van der Waals surface area contributed by atoms with E-state index < -0.39 is 40.7 Å². The maximum atomic E-state index is 13.4. The van der Waals surface area contributed by atoms with Gasteiger partial charge in [-0.15, -0.1) is 0 Å². The molecule has 0 bridgehead atoms. The van der Waals surface area contributed by atoms with E-state index in [1.54, 1.807) is 5.32 Å². The molecule has 1 aliphatic rings. The van der Waals surface area contributed by atoms with Crippen LogP contribution in [0, 0.1) is 29.1 Å². The lowest BCUT2D eigenvalue weighted by molar-refractivity contribution is -0.116. The Morgan fingerprint density at radius 1 is 1.00 bits per heavy atom. The number of amides is 1. The van der Waals surface area contributed by atoms with Crippen molar-refractivity contribution < 1.29 is 26.7 Å². The lowest BCUT2D eigenvalue weighted by Gasteiger charge is -2.22. The maximum absolute atomic E-state index is 13.4. The SMILES string of the molecule is O=C(CC1CCCCN1)Nc1c(F)c(F)c(F)c(F)c1F. The van der Waals surface area contributed by atoms with Gasteiger partial charge < -0.3 is 10.6 Å². The molecule has 2 rings (SSSR count). The first-order chi connectivity index (χ1) is 9.91. The maximum Gasteiger partial charge on any atom is 0.226 e. The van der Waals surface area contributed by atoms with Crippen LogP contribution in [0.2, 0.25) is 0 Å². The number of carbonyl (C=O) groups excluding carboxylic acids is 1. The molecule has 1 aromatic rings. The molecule has 0 spiro atoms. The molecule has 3 nitrogen and oxygen atoms in total. The third kappa shape index (κ3) is 3.31. The number of rotatable bonds is 3. The third-order valence-corrected chi connectivity index (χ3v) is 3.32. The van der Waals surface area contributed by atoms with Crippen molar-refractivity contribution in [1.29, 1.82) is 0 Å². The van der Waals surface area contributed by atoms with Gasteiger partial charge in [0.2, 0.25) is 11.7 Å². The fraction of sp³-hybridized carbons (Fsp3) is 0.462. The summed E-state index contributed by atoms with van der Waals surface area (Å²) < 4.78 is 65.6. The van der Waals surface area contributed by atoms with E-state index in [1.807, 2.05) is 0 Å². The van der Waals surface area contributed by atoms with Gasteiger partial charge in [-0.2, -0.15) is 0 Å². The van der Waals surface area contributed by atoms with Gasteiger partial charge in [-0.3, -0.25) is 4.79 Å². The second-order valence-electron chi connectivity index (χ2n) is 4.84. The minimum atomic E-state index is -2.25. The van der Waals surface area contributed by atoms with Gasteiger partial charge in [0.25, 0.3) is 0 Å². The first kappa shape index (κ1) is 15.7. The topological polar surface area (TPSA) is 41.1 Å². The smallest absolute Gasteiger partial charge is 0.226 e. The van der Waals surface area contributed by atoms with Crippen LogP contribution in [0.25, 0.3) is 0 Å². The highest BCUT2D eigenvalue weighted by Gasteiger charge is 2.27. The molecule has 1 saturated heterocycles. The predicted molar refractivity (Wildman–Crippen MR) is 65.1 cm³/mol. The van der Waals surface area contributed by atoms with Crippen LogP contribution < -0.4 is 10.6 Å². The summed E-state index contributed by atoms with van der Waals surface area (Å²) in [6.07, 6.45) is 2.49. The molecule has 1 heterocycles. The second kappa shape index (κ2) is 6.38. The van der Waals surface area contributed by atoms with Gasteiger partial charge in [-0.05, 0) is 19.4 Å². The normalized spacial score (nSPS) is 18.6. The lowest BCUT2D eigenvalue weighted by Crippen LogP contribution is -2.37. The predicted octanol–water partition coefficient (Wildman–Crippen LogP) is 2.85. The highest BCUT2D eigenvalue weighted by atomic mass is 19.2. The molecule has 0 radical (unpaired) electrons. The summed E-state index contributed by atoms with van der Waals surface area (Å²) in [5, 5.41) is 4.80. The van der Waals surface area contributed by atoms with E-state index in [0.717, 1.165) is 19.4 Å². The number of carbonyl (C=O) groups is 1. The molecule has 1 amide bonds. The molecule has 1 fully saturated rings. The van der Waals surface area contributed by atoms with Gasteiger partial charge in [0.05, 0.1) is 0 Å². The molecule has 2 N–H and O–H groups in total. The van der Waals surface area contributed by atoms with Crippen LogP contribution in [-0.4, -0.2) is 18.5 Å². The van der Waals surface area contributed by atoms with E-state index in [4.69, 9.17) is 0 Å². The summed E-state index contributed by atoms with van der Waals surface area (Å²) in [7, 11) is 0. The Hall–Kier alpha value is -1.70. The molecule has 1 atom stereocenters. The van der Waals surface area contributed by atoms with E-state index in [9.17, 15) is 26.7 Å². The van der Waals surface area contributed by atoms with Crippen molar-refractivity contribution >= 4 is 11.6 Å². The third-order valence-electron chi connectivity index (χ3n) is 3.32. The number of nitrogens with one attached hydrogen (secondary N) is 2. The summed E-state index contributed by atoms with van der Waals surface area (Å²) in [6, 6.07) is -0.167. The van der Waals surface area contributed by atoms with Crippen LogP contribution in [0.15, 0.2) is 0 Å². The Labute approximate surface area is 117 Å². The summed E-state index contributed by atoms with van der Waals surface area (Å²) in [4.78, 5) is 11.7. The van der Waals surface area contributed by atoms with Gasteiger partial charge >= 0.3 is 0 Å². The fourth-order valence-corrected chi connectivity index (χ4v) is 2.23. The number of anilines is 1. The van der Waals surface area contributed by atoms with Gasteiger partial charge in [0.15, 0.2) is 23.3 Å². The van der Waals surface area contributed by atoms with Crippen molar-refractivity contribution in [3.63, 3.8) is 0 Å². The number of benzene rings is 1. The zero-order valence-corrected chi connectivity index (χ0v) is 10.9. The molecule has 8 heteroatoms. The zero-order chi connectivity index (χ0) is 15.6. The molecule has 1 unspecified atom stereocenters. The van der Waals surface area contributed by atoms with Gasteiger partial charge in [-0.1, -0.05) is 6.42 Å². The average molecular weight is 308 g/mol. The van der Waals surface area contributed by atoms with E-state index >= 15 is 0 Å². The fourth-order valence-electron chi connectivity index (χ4n) is 2.23. The highest BCUT2D eigenvalue weighted by molar-refractivity contribution is 5.91. The Morgan fingerprint density at radius 3 is 2.10 bits per heavy atom. The summed E-state index contributed by atoms with van der Waals surface area (Å²) in [6.45, 7) is 0.723. The zero-order valence-electron chi connectivity index (χ0n) is 10.9. The number of piperidine rings is 1. The van der Waals surface area contributed by atoms with Gasteiger partial charge in [0.1, 0.15) is 5.69 Å². The molecular weight excluding hydrogens is 295 g/mol. The summed E-state index contributed by atoms with van der Waals surface area (Å²) in [5.41, 5.74) is -1.31. The van der Waals surface area contributed by atoms with Crippen LogP contribution in [0.1, 0.15) is 25.7 Å². The van der Waals surface area contributed by atoms with Crippen molar-refractivity contribution in [3.8, 4) is 0 Å². The Morgan fingerprint density at radius 2 is 1.57 bits per heavy atom. The van der Waals surface area contributed by atoms with Gasteiger partial charge in [0, 0.05) is 12.5 Å². The second-order valence-corrected chi connectivity index (χ2v) is 4.84. The number of hydrogen-bond acceptors (Lipinski definition) is 2. The molecular formula is C13H13F5N2O. The number of halogens is 5. The van der Waals surface area contributed by atoms with E-state index in [0.29, 0.717) is 6.42 Å². The van der Waals surface area contributed by atoms with Crippen molar-refractivity contribution in [2.24, 2.45) is 0 Å². The van der Waals surface area contributed by atoms with Crippen LogP contribution in [0.4, 0.5) is 27.6 Å². The largest absolute Gasteiger partial charge is 0.321 e. The standard InChI is InChI=1S/C13H13F5N2O/c14-8-9(15)11(17)13(12(18)10(8)16)20-7(21)5-6-3-1-2-4-19-6/h6,19H,1-5H2,(H,20,21). The highest BCUT2D eigenvalue weighted by Crippen LogP contribution is 2.27. The number of hydrogen-bond donors (Lipinski definition) is 2. The summed E-state index contributed by atoms with van der Waals surface area (Å²) >= 11 is 0. The minimum Gasteiger partial charge on any atom is -0.321 e. The molecule has 0 aromatic heterocycles.